The van der Waals surface area contributed by atoms with Crippen LogP contribution in [0.1, 0.15) is 96.0 Å². The number of hydrogen-bond acceptors (Lipinski definition) is 9. The molecule has 7 N–H and O–H groups in total. The number of aliphatic hydroxyl groups is 6. The van der Waals surface area contributed by atoms with E-state index in [1.807, 2.05) is 42.5 Å². The number of carbonyl (C=O) groups is 1. The largest absolute Gasteiger partial charge is 0.394 e. The van der Waals surface area contributed by atoms with Crippen LogP contribution in [0.25, 0.3) is 10.8 Å². The molecule has 1 aliphatic rings. The first-order valence-corrected chi connectivity index (χ1v) is 17.3. The van der Waals surface area contributed by atoms with Gasteiger partial charge in [0.25, 0.3) is 0 Å². The number of nitrogens with one attached hydrogen (secondary N) is 1. The summed E-state index contributed by atoms with van der Waals surface area (Å²) in [5.41, 5.74) is 0.802. The van der Waals surface area contributed by atoms with Crippen molar-refractivity contribution in [2.24, 2.45) is 0 Å². The van der Waals surface area contributed by atoms with E-state index in [9.17, 15) is 35.4 Å². The lowest BCUT2D eigenvalue weighted by Crippen LogP contribution is -2.60. The third-order valence-electron chi connectivity index (χ3n) is 9.03. The van der Waals surface area contributed by atoms with Crippen LogP contribution in [0.15, 0.2) is 42.5 Å². The highest BCUT2D eigenvalue weighted by Crippen LogP contribution is 2.23. The number of benzene rings is 2. The minimum Gasteiger partial charge on any atom is -0.394 e. The number of carbonyl (C=O) groups excluding carboxylic acids is 1. The summed E-state index contributed by atoms with van der Waals surface area (Å²) in [6.07, 6.45) is 4.61. The zero-order valence-electron chi connectivity index (χ0n) is 27.4. The molecule has 10 heteroatoms. The van der Waals surface area contributed by atoms with Gasteiger partial charge in [-0.05, 0) is 22.8 Å². The van der Waals surface area contributed by atoms with Gasteiger partial charge in [0.15, 0.2) is 6.29 Å². The van der Waals surface area contributed by atoms with Crippen molar-refractivity contribution in [3.8, 4) is 0 Å². The minimum atomic E-state index is -1.63. The summed E-state index contributed by atoms with van der Waals surface area (Å²) in [5.74, 6) is -0.393. The fourth-order valence-corrected chi connectivity index (χ4v) is 6.14. The minimum absolute atomic E-state index is 0.0272. The van der Waals surface area contributed by atoms with Gasteiger partial charge >= 0.3 is 0 Å². The Morgan fingerprint density at radius 1 is 0.826 bits per heavy atom. The molecule has 1 aliphatic heterocycles. The smallest absolute Gasteiger partial charge is 0.224 e. The van der Waals surface area contributed by atoms with Crippen LogP contribution in [0.5, 0.6) is 0 Å². The monoisotopic (exact) mass is 647 g/mol. The fraction of sp³-hybridized carbons (Fsp3) is 0.694. The molecule has 10 nitrogen and oxygen atoms in total. The molecule has 8 atom stereocenters. The summed E-state index contributed by atoms with van der Waals surface area (Å²) >= 11 is 0. The van der Waals surface area contributed by atoms with Crippen molar-refractivity contribution in [2.75, 3.05) is 13.2 Å². The zero-order valence-corrected chi connectivity index (χ0v) is 27.4. The van der Waals surface area contributed by atoms with Crippen molar-refractivity contribution in [3.05, 3.63) is 48.0 Å². The van der Waals surface area contributed by atoms with Gasteiger partial charge in [0.2, 0.25) is 5.91 Å². The molecule has 0 aliphatic carbocycles. The molecule has 0 saturated carbocycles. The molecule has 0 bridgehead atoms. The van der Waals surface area contributed by atoms with Gasteiger partial charge in [-0.3, -0.25) is 4.79 Å². The Morgan fingerprint density at radius 3 is 2.09 bits per heavy atom. The van der Waals surface area contributed by atoms with Crippen LogP contribution in [0.4, 0.5) is 0 Å². The van der Waals surface area contributed by atoms with Gasteiger partial charge in [0.1, 0.15) is 30.5 Å². The van der Waals surface area contributed by atoms with E-state index < -0.39 is 61.5 Å². The van der Waals surface area contributed by atoms with Crippen LogP contribution in [-0.4, -0.2) is 98.7 Å². The van der Waals surface area contributed by atoms with Crippen LogP contribution in [0.2, 0.25) is 0 Å². The maximum Gasteiger partial charge on any atom is 0.224 e. The Bertz CT molecular complexity index is 1130. The van der Waals surface area contributed by atoms with E-state index in [4.69, 9.17) is 9.47 Å². The normalized spacial score (nSPS) is 23.7. The molecule has 2 aromatic carbocycles. The summed E-state index contributed by atoms with van der Waals surface area (Å²) in [5, 5.41) is 66.9. The van der Waals surface area contributed by atoms with Gasteiger partial charge in [0.05, 0.1) is 31.8 Å². The lowest BCUT2D eigenvalue weighted by molar-refractivity contribution is -0.303. The van der Waals surface area contributed by atoms with Crippen molar-refractivity contribution in [2.45, 2.75) is 146 Å². The summed E-state index contributed by atoms with van der Waals surface area (Å²) in [6.45, 7) is 1.25. The molecular weight excluding hydrogens is 590 g/mol. The van der Waals surface area contributed by atoms with Gasteiger partial charge in [-0.1, -0.05) is 126 Å². The molecule has 3 rings (SSSR count). The number of rotatable bonds is 22. The van der Waals surface area contributed by atoms with Crippen LogP contribution < -0.4 is 5.32 Å². The zero-order chi connectivity index (χ0) is 33.3. The summed E-state index contributed by atoms with van der Waals surface area (Å²) in [7, 11) is 0. The second-order valence-corrected chi connectivity index (χ2v) is 12.8. The third kappa shape index (κ3) is 12.1. The molecule has 8 unspecified atom stereocenters. The Hall–Kier alpha value is -2.15. The number of hydrogen-bond donors (Lipinski definition) is 7. The molecule has 1 heterocycles. The number of fused-ring (bicyclic) bond motifs is 1. The van der Waals surface area contributed by atoms with Crippen LogP contribution in [-0.2, 0) is 20.7 Å². The van der Waals surface area contributed by atoms with Gasteiger partial charge in [-0.15, -0.1) is 0 Å². The highest BCUT2D eigenvalue weighted by Gasteiger charge is 2.44. The predicted octanol–water partition coefficient (Wildman–Crippen LogP) is 3.50. The first kappa shape index (κ1) is 38.3. The van der Waals surface area contributed by atoms with E-state index in [0.717, 1.165) is 42.0 Å². The quantitative estimate of drug-likeness (QED) is 0.0946. The van der Waals surface area contributed by atoms with E-state index in [0.29, 0.717) is 6.42 Å². The number of aliphatic hydroxyl groups excluding tert-OH is 6. The van der Waals surface area contributed by atoms with E-state index in [1.165, 1.54) is 51.4 Å². The molecule has 2 aromatic rings. The molecule has 260 valence electrons. The average molecular weight is 648 g/mol. The number of unbranched alkanes of at least 4 members (excludes halogenated alkanes) is 11. The second-order valence-electron chi connectivity index (χ2n) is 12.8. The van der Waals surface area contributed by atoms with E-state index in [1.54, 1.807) is 0 Å². The number of amides is 1. The summed E-state index contributed by atoms with van der Waals surface area (Å²) < 4.78 is 11.1. The molecule has 46 heavy (non-hydrogen) atoms. The van der Waals surface area contributed by atoms with Gasteiger partial charge < -0.3 is 45.4 Å². The Balaban J connectivity index is 1.53. The van der Waals surface area contributed by atoms with E-state index in [-0.39, 0.29) is 13.0 Å². The highest BCUT2D eigenvalue weighted by molar-refractivity contribution is 5.90. The lowest BCUT2D eigenvalue weighted by Gasteiger charge is -2.40. The standard InChI is InChI=1S/C36H57NO9/c1-2-3-4-5-6-7-8-9-10-11-12-13-21-29(39)32(41)28(24-45-36-35(44)34(43)33(42)30(23-38)46-36)37-31(40)22-26-19-16-18-25-17-14-15-20-27(25)26/h14-20,28-30,32-36,38-39,41-44H,2-13,21-24H2,1H3,(H,37,40). The van der Waals surface area contributed by atoms with Gasteiger partial charge in [-0.25, -0.2) is 0 Å². The van der Waals surface area contributed by atoms with Crippen molar-refractivity contribution in [1.82, 2.24) is 5.32 Å². The summed E-state index contributed by atoms with van der Waals surface area (Å²) in [4.78, 5) is 13.2. The molecule has 1 amide bonds. The van der Waals surface area contributed by atoms with E-state index >= 15 is 0 Å². The van der Waals surface area contributed by atoms with Gasteiger partial charge in [-0.2, -0.15) is 0 Å². The molecular formula is C36H57NO9. The third-order valence-corrected chi connectivity index (χ3v) is 9.03. The summed E-state index contributed by atoms with van der Waals surface area (Å²) in [6, 6.07) is 12.3. The Kier molecular flexibility index (Phi) is 17.4. The van der Waals surface area contributed by atoms with Crippen molar-refractivity contribution in [1.29, 1.82) is 0 Å². The predicted molar refractivity (Wildman–Crippen MR) is 177 cm³/mol. The maximum absolute atomic E-state index is 13.2. The topological polar surface area (TPSA) is 169 Å². The highest BCUT2D eigenvalue weighted by atomic mass is 16.7. The van der Waals surface area contributed by atoms with Crippen LogP contribution in [0, 0.1) is 0 Å². The van der Waals surface area contributed by atoms with Crippen LogP contribution in [0.3, 0.4) is 0 Å². The van der Waals surface area contributed by atoms with E-state index in [2.05, 4.69) is 12.2 Å². The maximum atomic E-state index is 13.2. The molecule has 0 aromatic heterocycles. The Morgan fingerprint density at radius 2 is 1.43 bits per heavy atom. The molecule has 0 radical (unpaired) electrons. The van der Waals surface area contributed by atoms with Crippen molar-refractivity contribution < 1.29 is 44.9 Å². The molecule has 1 fully saturated rings. The Labute approximate surface area is 273 Å². The average Bonchev–Trinajstić information content (AvgIpc) is 3.06. The van der Waals surface area contributed by atoms with Crippen LogP contribution >= 0.6 is 0 Å². The van der Waals surface area contributed by atoms with Crippen molar-refractivity contribution in [3.63, 3.8) is 0 Å². The lowest BCUT2D eigenvalue weighted by atomic mass is 9.98. The second kappa shape index (κ2) is 21.0. The van der Waals surface area contributed by atoms with Crippen molar-refractivity contribution >= 4 is 16.7 Å². The fourth-order valence-electron chi connectivity index (χ4n) is 6.14. The first-order chi connectivity index (χ1) is 22.3. The number of ether oxygens (including phenoxy) is 2. The first-order valence-electron chi connectivity index (χ1n) is 17.3. The SMILES string of the molecule is CCCCCCCCCCCCCCC(O)C(O)C(COC1OC(CO)C(O)C(O)C1O)NC(=O)Cc1cccc2ccccc12. The van der Waals surface area contributed by atoms with Gasteiger partial charge in [0, 0.05) is 0 Å². The molecule has 0 spiro atoms. The molecule has 1 saturated heterocycles.